The van der Waals surface area contributed by atoms with Gasteiger partial charge in [0.05, 0.1) is 11.4 Å². The van der Waals surface area contributed by atoms with Crippen molar-refractivity contribution in [2.75, 3.05) is 12.0 Å². The molecule has 0 amide bonds. The second-order valence-corrected chi connectivity index (χ2v) is 8.50. The van der Waals surface area contributed by atoms with Gasteiger partial charge in [0, 0.05) is 28.7 Å². The molecule has 3 heterocycles. The molecular weight excluding hydrogens is 387 g/mol. The summed E-state index contributed by atoms with van der Waals surface area (Å²) >= 11 is 0. The summed E-state index contributed by atoms with van der Waals surface area (Å²) in [5, 5.41) is 9.76. The first kappa shape index (κ1) is 20.0. The van der Waals surface area contributed by atoms with Crippen LogP contribution in [-0.2, 0) is 6.42 Å². The molecule has 0 saturated carbocycles. The minimum absolute atomic E-state index is 0.240. The second-order valence-electron chi connectivity index (χ2n) is 8.50. The van der Waals surface area contributed by atoms with Crippen LogP contribution in [0.3, 0.4) is 0 Å². The van der Waals surface area contributed by atoms with Gasteiger partial charge < -0.3 is 9.88 Å². The van der Waals surface area contributed by atoms with Gasteiger partial charge in [-0.05, 0) is 87.5 Å². The van der Waals surface area contributed by atoms with E-state index in [4.69, 9.17) is 0 Å². The number of hydrogen-bond donors (Lipinski definition) is 2. The van der Waals surface area contributed by atoms with Crippen molar-refractivity contribution in [1.29, 1.82) is 0 Å². The second kappa shape index (κ2) is 8.67. The van der Waals surface area contributed by atoms with Crippen molar-refractivity contribution in [3.05, 3.63) is 77.8 Å². The molecule has 2 aliphatic heterocycles. The Kier molecular flexibility index (Phi) is 5.60. The molecule has 2 aromatic carbocycles. The van der Waals surface area contributed by atoms with E-state index in [9.17, 15) is 4.39 Å². The van der Waals surface area contributed by atoms with Crippen LogP contribution in [0.15, 0.2) is 65.8 Å². The number of aromatic nitrogens is 1. The molecule has 31 heavy (non-hydrogen) atoms. The van der Waals surface area contributed by atoms with E-state index in [1.165, 1.54) is 41.6 Å². The van der Waals surface area contributed by atoms with Crippen LogP contribution < -0.4 is 10.7 Å². The van der Waals surface area contributed by atoms with E-state index < -0.39 is 0 Å². The maximum Gasteiger partial charge on any atom is 0.123 e. The normalized spacial score (nSPS) is 20.9. The van der Waals surface area contributed by atoms with Gasteiger partial charge in [0.1, 0.15) is 5.82 Å². The zero-order chi connectivity index (χ0) is 21.2. The summed E-state index contributed by atoms with van der Waals surface area (Å²) in [5.74, 6) is -0.240. The fourth-order valence-corrected chi connectivity index (χ4v) is 5.20. The molecular formula is C26H29FN4. The van der Waals surface area contributed by atoms with Crippen molar-refractivity contribution in [2.45, 2.75) is 51.1 Å². The predicted molar refractivity (Wildman–Crippen MR) is 126 cm³/mol. The zero-order valence-corrected chi connectivity index (χ0v) is 17.9. The van der Waals surface area contributed by atoms with Gasteiger partial charge in [-0.1, -0.05) is 24.3 Å². The van der Waals surface area contributed by atoms with Crippen molar-refractivity contribution >= 4 is 22.3 Å². The van der Waals surface area contributed by atoms with Gasteiger partial charge in [0.25, 0.3) is 0 Å². The molecule has 2 N–H and O–H groups in total. The Morgan fingerprint density at radius 2 is 2.03 bits per heavy atom. The molecule has 0 bridgehead atoms. The molecule has 0 spiro atoms. The molecule has 0 fully saturated rings. The fraction of sp³-hybridized carbons (Fsp3) is 0.346. The minimum Gasteiger partial charge on any atom is -0.340 e. The first-order valence-corrected chi connectivity index (χ1v) is 11.3. The Balaban J connectivity index is 1.39. The molecule has 160 valence electrons. The number of allylic oxidation sites excluding steroid dienone is 2. The number of nitrogens with one attached hydrogen (secondary N) is 2. The van der Waals surface area contributed by atoms with Gasteiger partial charge in [0.2, 0.25) is 0 Å². The van der Waals surface area contributed by atoms with Gasteiger partial charge in [-0.3, -0.25) is 5.43 Å². The van der Waals surface area contributed by atoms with Crippen molar-refractivity contribution in [3.8, 4) is 0 Å². The molecule has 4 nitrogen and oxygen atoms in total. The fourth-order valence-electron chi connectivity index (χ4n) is 5.20. The first-order chi connectivity index (χ1) is 15.2. The molecule has 0 unspecified atom stereocenters. The number of hydrogen-bond acceptors (Lipinski definition) is 3. The van der Waals surface area contributed by atoms with Crippen molar-refractivity contribution in [2.24, 2.45) is 5.10 Å². The number of fused-ring (bicyclic) bond motifs is 3. The Morgan fingerprint density at radius 1 is 1.19 bits per heavy atom. The summed E-state index contributed by atoms with van der Waals surface area (Å²) in [7, 11) is 0. The number of nitrogens with zero attached hydrogens (tertiary/aromatic N) is 2. The van der Waals surface area contributed by atoms with Crippen LogP contribution >= 0.6 is 0 Å². The van der Waals surface area contributed by atoms with E-state index in [1.807, 2.05) is 13.0 Å². The highest BCUT2D eigenvalue weighted by Gasteiger charge is 2.33. The van der Waals surface area contributed by atoms with Crippen molar-refractivity contribution < 1.29 is 4.39 Å². The van der Waals surface area contributed by atoms with E-state index in [0.717, 1.165) is 37.2 Å². The average molecular weight is 417 g/mol. The monoisotopic (exact) mass is 416 g/mol. The predicted octanol–water partition coefficient (Wildman–Crippen LogP) is 6.13. The number of benzene rings is 2. The van der Waals surface area contributed by atoms with Crippen molar-refractivity contribution in [1.82, 2.24) is 9.88 Å². The highest BCUT2D eigenvalue weighted by Crippen LogP contribution is 2.43. The lowest BCUT2D eigenvalue weighted by Gasteiger charge is -2.36. The van der Waals surface area contributed by atoms with E-state index in [-0.39, 0.29) is 5.82 Å². The standard InChI is InChI=1S/C26H29FN4/c1-2-5-19(29-30-20-10-8-18(27)9-11-20)12-13-21-14-15-24-26-23(16-17-28-24)22-6-3-4-7-25(22)31(21)26/h2-11,21,24,28,30H,12-17H2,1H3/b5-2-,29-19+/t21-,24+/m1/s1. The third kappa shape index (κ3) is 3.90. The maximum atomic E-state index is 13.1. The van der Waals surface area contributed by atoms with Gasteiger partial charge in [-0.15, -0.1) is 0 Å². The number of halogens is 1. The Hall–Kier alpha value is -2.92. The van der Waals surface area contributed by atoms with E-state index in [0.29, 0.717) is 12.1 Å². The Labute approximate surface area is 182 Å². The smallest absolute Gasteiger partial charge is 0.123 e. The maximum absolute atomic E-state index is 13.1. The third-order valence-corrected chi connectivity index (χ3v) is 6.57. The molecule has 2 aliphatic rings. The van der Waals surface area contributed by atoms with Crippen molar-refractivity contribution in [3.63, 3.8) is 0 Å². The van der Waals surface area contributed by atoms with Crippen LogP contribution in [0.5, 0.6) is 0 Å². The summed E-state index contributed by atoms with van der Waals surface area (Å²) in [6, 6.07) is 16.1. The highest BCUT2D eigenvalue weighted by atomic mass is 19.1. The van der Waals surface area contributed by atoms with Crippen LogP contribution in [0.25, 0.3) is 10.9 Å². The average Bonchev–Trinajstić information content (AvgIpc) is 3.14. The lowest BCUT2D eigenvalue weighted by Crippen LogP contribution is -2.35. The lowest BCUT2D eigenvalue weighted by atomic mass is 9.90. The summed E-state index contributed by atoms with van der Waals surface area (Å²) in [6.07, 6.45) is 9.51. The zero-order valence-electron chi connectivity index (χ0n) is 17.9. The van der Waals surface area contributed by atoms with Crippen LogP contribution in [0.4, 0.5) is 10.1 Å². The molecule has 0 radical (unpaired) electrons. The SMILES string of the molecule is C/C=C\C(CC[C@@H]1CC[C@@H]2NCCc3c2n1c1ccccc31)=N/Nc1ccc(F)cc1. The molecule has 5 heteroatoms. The number of rotatable bonds is 6. The van der Waals surface area contributed by atoms with Crippen LogP contribution in [0.2, 0.25) is 0 Å². The van der Waals surface area contributed by atoms with Crippen LogP contribution in [0, 0.1) is 5.82 Å². The van der Waals surface area contributed by atoms with Crippen LogP contribution in [0.1, 0.15) is 55.9 Å². The lowest BCUT2D eigenvalue weighted by molar-refractivity contribution is 0.315. The molecule has 2 atom stereocenters. The van der Waals surface area contributed by atoms with E-state index in [1.54, 1.807) is 17.7 Å². The van der Waals surface area contributed by atoms with Crippen LogP contribution in [-0.4, -0.2) is 16.8 Å². The summed E-state index contributed by atoms with van der Waals surface area (Å²) in [4.78, 5) is 0. The summed E-state index contributed by atoms with van der Waals surface area (Å²) in [6.45, 7) is 3.09. The van der Waals surface area contributed by atoms with E-state index >= 15 is 0 Å². The quantitative estimate of drug-likeness (QED) is 0.375. The first-order valence-electron chi connectivity index (χ1n) is 11.3. The van der Waals surface area contributed by atoms with Gasteiger partial charge >= 0.3 is 0 Å². The summed E-state index contributed by atoms with van der Waals surface area (Å²) < 4.78 is 15.8. The minimum atomic E-state index is -0.240. The Morgan fingerprint density at radius 3 is 2.87 bits per heavy atom. The molecule has 3 aromatic rings. The largest absolute Gasteiger partial charge is 0.340 e. The van der Waals surface area contributed by atoms with E-state index in [2.05, 4.69) is 50.8 Å². The number of para-hydroxylation sites is 1. The Bertz CT molecular complexity index is 1130. The molecule has 0 aliphatic carbocycles. The van der Waals surface area contributed by atoms with Gasteiger partial charge in [-0.2, -0.15) is 5.10 Å². The van der Waals surface area contributed by atoms with Gasteiger partial charge in [0.15, 0.2) is 0 Å². The molecule has 5 rings (SSSR count). The number of anilines is 1. The number of hydrazone groups is 1. The topological polar surface area (TPSA) is 41.4 Å². The molecule has 1 aromatic heterocycles. The highest BCUT2D eigenvalue weighted by molar-refractivity contribution is 5.95. The molecule has 0 saturated heterocycles. The third-order valence-electron chi connectivity index (χ3n) is 6.57. The summed E-state index contributed by atoms with van der Waals surface area (Å²) in [5.41, 5.74) is 9.31. The van der Waals surface area contributed by atoms with Gasteiger partial charge in [-0.25, -0.2) is 4.39 Å².